The highest BCUT2D eigenvalue weighted by Crippen LogP contribution is 2.37. The molecule has 4 rings (SSSR count). The molecule has 4 aromatic carbocycles. The molecule has 0 aromatic heterocycles. The molecule has 0 saturated carbocycles. The van der Waals surface area contributed by atoms with Crippen LogP contribution in [0, 0.1) is 6.92 Å². The van der Waals surface area contributed by atoms with Crippen molar-refractivity contribution in [2.75, 3.05) is 17.7 Å². The first kappa shape index (κ1) is 25.4. The van der Waals surface area contributed by atoms with Crippen LogP contribution in [-0.2, 0) is 4.79 Å². The maximum atomic E-state index is 13.4. The van der Waals surface area contributed by atoms with Gasteiger partial charge in [0, 0.05) is 26.9 Å². The van der Waals surface area contributed by atoms with Crippen molar-refractivity contribution < 1.29 is 14.3 Å². The number of ether oxygens (including phenoxy) is 1. The Balaban J connectivity index is 1.55. The van der Waals surface area contributed by atoms with Crippen LogP contribution in [0.25, 0.3) is 0 Å². The molecule has 1 unspecified atom stereocenters. The summed E-state index contributed by atoms with van der Waals surface area (Å²) in [6.07, 6.45) is 0. The fourth-order valence-corrected chi connectivity index (χ4v) is 4.85. The number of carbonyl (C=O) groups excluding carboxylic acids is 2. The molecule has 182 valence electrons. The van der Waals surface area contributed by atoms with E-state index in [1.165, 1.54) is 11.8 Å². The number of carbonyl (C=O) groups is 2. The molecule has 0 aliphatic rings. The molecule has 0 radical (unpaired) electrons. The van der Waals surface area contributed by atoms with Gasteiger partial charge in [0.2, 0.25) is 5.91 Å². The second-order valence-corrected chi connectivity index (χ2v) is 9.61. The minimum atomic E-state index is -0.520. The summed E-state index contributed by atoms with van der Waals surface area (Å²) >= 11 is 7.65. The highest BCUT2D eigenvalue weighted by molar-refractivity contribution is 8.00. The molecule has 0 heterocycles. The SMILES string of the molecule is COc1cccc(C(=O)Nc2cccc(SC(C(=O)Nc3cccc(Cl)c3C)c3ccccc3)c2)c1. The van der Waals surface area contributed by atoms with Gasteiger partial charge in [0.1, 0.15) is 11.0 Å². The van der Waals surface area contributed by atoms with Gasteiger partial charge in [-0.3, -0.25) is 9.59 Å². The largest absolute Gasteiger partial charge is 0.497 e. The molecule has 0 bridgehead atoms. The van der Waals surface area contributed by atoms with E-state index in [2.05, 4.69) is 10.6 Å². The number of hydrogen-bond acceptors (Lipinski definition) is 4. The molecule has 0 saturated heterocycles. The zero-order valence-corrected chi connectivity index (χ0v) is 21.4. The Morgan fingerprint density at radius 1 is 0.861 bits per heavy atom. The van der Waals surface area contributed by atoms with Crippen molar-refractivity contribution in [2.24, 2.45) is 0 Å². The van der Waals surface area contributed by atoms with Crippen molar-refractivity contribution >= 4 is 46.6 Å². The average Bonchev–Trinajstić information content (AvgIpc) is 2.90. The van der Waals surface area contributed by atoms with Crippen molar-refractivity contribution in [3.63, 3.8) is 0 Å². The van der Waals surface area contributed by atoms with E-state index in [1.54, 1.807) is 37.4 Å². The summed E-state index contributed by atoms with van der Waals surface area (Å²) in [4.78, 5) is 27.0. The lowest BCUT2D eigenvalue weighted by molar-refractivity contribution is -0.115. The molecule has 7 heteroatoms. The Bertz CT molecular complexity index is 1380. The van der Waals surface area contributed by atoms with E-state index in [0.717, 1.165) is 16.0 Å². The molecular formula is C29H25ClN2O3S. The van der Waals surface area contributed by atoms with Crippen LogP contribution in [0.3, 0.4) is 0 Å². The molecule has 36 heavy (non-hydrogen) atoms. The zero-order valence-electron chi connectivity index (χ0n) is 19.8. The second kappa shape index (κ2) is 11.8. The van der Waals surface area contributed by atoms with Gasteiger partial charge < -0.3 is 15.4 Å². The van der Waals surface area contributed by atoms with Crippen molar-refractivity contribution in [2.45, 2.75) is 17.1 Å². The number of halogens is 1. The van der Waals surface area contributed by atoms with Crippen LogP contribution >= 0.6 is 23.4 Å². The molecule has 4 aromatic rings. The smallest absolute Gasteiger partial charge is 0.255 e. The first-order chi connectivity index (χ1) is 17.4. The quantitative estimate of drug-likeness (QED) is 0.240. The monoisotopic (exact) mass is 516 g/mol. The van der Waals surface area contributed by atoms with Gasteiger partial charge in [-0.25, -0.2) is 0 Å². The minimum absolute atomic E-state index is 0.164. The Kier molecular flexibility index (Phi) is 8.31. The topological polar surface area (TPSA) is 67.4 Å². The molecule has 0 aliphatic heterocycles. The number of amides is 2. The van der Waals surface area contributed by atoms with Gasteiger partial charge in [-0.1, -0.05) is 60.1 Å². The molecule has 0 fully saturated rings. The van der Waals surface area contributed by atoms with Crippen LogP contribution in [0.5, 0.6) is 5.75 Å². The van der Waals surface area contributed by atoms with E-state index in [4.69, 9.17) is 16.3 Å². The summed E-state index contributed by atoms with van der Waals surface area (Å²) in [6, 6.07) is 29.4. The number of benzene rings is 4. The van der Waals surface area contributed by atoms with Crippen LogP contribution < -0.4 is 15.4 Å². The number of anilines is 2. The first-order valence-electron chi connectivity index (χ1n) is 11.3. The van der Waals surface area contributed by atoms with E-state index < -0.39 is 5.25 Å². The molecule has 2 amide bonds. The molecule has 2 N–H and O–H groups in total. The first-order valence-corrected chi connectivity index (χ1v) is 12.5. The fourth-order valence-electron chi connectivity index (χ4n) is 3.59. The van der Waals surface area contributed by atoms with E-state index in [-0.39, 0.29) is 11.8 Å². The summed E-state index contributed by atoms with van der Waals surface area (Å²) in [5, 5.41) is 6.02. The van der Waals surface area contributed by atoms with Crippen molar-refractivity contribution in [3.8, 4) is 5.75 Å². The van der Waals surface area contributed by atoms with E-state index >= 15 is 0 Å². The third kappa shape index (κ3) is 6.27. The van der Waals surface area contributed by atoms with E-state index in [1.807, 2.05) is 73.7 Å². The van der Waals surface area contributed by atoms with Crippen molar-refractivity contribution in [1.29, 1.82) is 0 Å². The van der Waals surface area contributed by atoms with Crippen LogP contribution in [0.15, 0.2) is 102 Å². The second-order valence-electron chi connectivity index (χ2n) is 8.02. The predicted molar refractivity (Wildman–Crippen MR) is 147 cm³/mol. The van der Waals surface area contributed by atoms with Gasteiger partial charge in [-0.05, 0) is 66.6 Å². The molecule has 5 nitrogen and oxygen atoms in total. The standard InChI is InChI=1S/C29H25ClN2O3S/c1-19-25(30)15-8-16-26(19)32-29(34)27(20-9-4-3-5-10-20)36-24-14-7-12-22(18-24)31-28(33)21-11-6-13-23(17-21)35-2/h3-18,27H,1-2H3,(H,31,33)(H,32,34). The van der Waals surface area contributed by atoms with Gasteiger partial charge in [-0.2, -0.15) is 0 Å². The highest BCUT2D eigenvalue weighted by Gasteiger charge is 2.23. The average molecular weight is 517 g/mol. The summed E-state index contributed by atoms with van der Waals surface area (Å²) in [5.74, 6) is 0.200. The maximum Gasteiger partial charge on any atom is 0.255 e. The zero-order chi connectivity index (χ0) is 25.5. The lowest BCUT2D eigenvalue weighted by Crippen LogP contribution is -2.19. The van der Waals surface area contributed by atoms with Gasteiger partial charge in [0.25, 0.3) is 5.91 Å². The molecule has 0 aliphatic carbocycles. The summed E-state index contributed by atoms with van der Waals surface area (Å²) in [6.45, 7) is 1.87. The van der Waals surface area contributed by atoms with Gasteiger partial charge in [0.05, 0.1) is 7.11 Å². The number of hydrogen-bond donors (Lipinski definition) is 2. The fraction of sp³-hybridized carbons (Fsp3) is 0.103. The van der Waals surface area contributed by atoms with E-state index in [0.29, 0.717) is 27.7 Å². The lowest BCUT2D eigenvalue weighted by atomic mass is 10.1. The molecule has 0 spiro atoms. The van der Waals surface area contributed by atoms with Gasteiger partial charge in [0.15, 0.2) is 0 Å². The van der Waals surface area contributed by atoms with Crippen molar-refractivity contribution in [1.82, 2.24) is 0 Å². The summed E-state index contributed by atoms with van der Waals surface area (Å²) in [5.41, 5.74) is 3.47. The number of nitrogens with one attached hydrogen (secondary N) is 2. The Morgan fingerprint density at radius 3 is 2.39 bits per heavy atom. The van der Waals surface area contributed by atoms with E-state index in [9.17, 15) is 9.59 Å². The third-order valence-electron chi connectivity index (χ3n) is 5.54. The van der Waals surface area contributed by atoms with Gasteiger partial charge in [-0.15, -0.1) is 11.8 Å². The maximum absolute atomic E-state index is 13.4. The molecular weight excluding hydrogens is 492 g/mol. The number of methoxy groups -OCH3 is 1. The van der Waals surface area contributed by atoms with Crippen molar-refractivity contribution in [3.05, 3.63) is 119 Å². The van der Waals surface area contributed by atoms with Gasteiger partial charge >= 0.3 is 0 Å². The third-order valence-corrected chi connectivity index (χ3v) is 7.20. The number of thioether (sulfide) groups is 1. The Morgan fingerprint density at radius 2 is 1.61 bits per heavy atom. The highest BCUT2D eigenvalue weighted by atomic mass is 35.5. The predicted octanol–water partition coefficient (Wildman–Crippen LogP) is 7.38. The normalized spacial score (nSPS) is 11.4. The summed E-state index contributed by atoms with van der Waals surface area (Å²) < 4.78 is 5.21. The number of rotatable bonds is 8. The Labute approximate surface area is 219 Å². The van der Waals surface area contributed by atoms with Crippen LogP contribution in [-0.4, -0.2) is 18.9 Å². The van der Waals surface area contributed by atoms with Crippen LogP contribution in [0.4, 0.5) is 11.4 Å². The molecule has 1 atom stereocenters. The Hall–Kier alpha value is -3.74. The lowest BCUT2D eigenvalue weighted by Gasteiger charge is -2.19. The minimum Gasteiger partial charge on any atom is -0.497 e. The van der Waals surface area contributed by atoms with Crippen LogP contribution in [0.1, 0.15) is 26.7 Å². The van der Waals surface area contributed by atoms with Crippen LogP contribution in [0.2, 0.25) is 5.02 Å². The summed E-state index contributed by atoms with van der Waals surface area (Å²) in [7, 11) is 1.56.